The molecule has 0 aliphatic heterocycles. The lowest BCUT2D eigenvalue weighted by Crippen LogP contribution is -2.27. The van der Waals surface area contributed by atoms with Crippen molar-refractivity contribution in [3.63, 3.8) is 0 Å². The minimum Gasteiger partial charge on any atom is -0.0724 e. The fourth-order valence-electron chi connectivity index (χ4n) is 2.78. The average molecular weight is 296 g/mol. The van der Waals surface area contributed by atoms with Crippen LogP contribution in [0, 0.1) is 23.2 Å². The Balaban J connectivity index is 2.14. The molecule has 0 saturated heterocycles. The third-order valence-electron chi connectivity index (χ3n) is 4.11. The van der Waals surface area contributed by atoms with Gasteiger partial charge in [0.05, 0.1) is 3.23 Å². The van der Waals surface area contributed by atoms with Crippen molar-refractivity contribution in [2.75, 3.05) is 0 Å². The van der Waals surface area contributed by atoms with Gasteiger partial charge in [0.15, 0.2) is 0 Å². The third-order valence-corrected chi connectivity index (χ3v) is 6.32. The van der Waals surface area contributed by atoms with Gasteiger partial charge in [-0.2, -0.15) is 0 Å². The standard InChI is InChI=1S/C10H16Br2/c1-6-4-7-8(9(7,2)3)5-10(6,11)12/h6-8H,4-5H2,1-3H3. The van der Waals surface area contributed by atoms with Crippen molar-refractivity contribution < 1.29 is 0 Å². The summed E-state index contributed by atoms with van der Waals surface area (Å²) < 4.78 is 0.231. The van der Waals surface area contributed by atoms with Gasteiger partial charge in [-0.1, -0.05) is 52.6 Å². The van der Waals surface area contributed by atoms with Crippen LogP contribution in [-0.4, -0.2) is 3.23 Å². The van der Waals surface area contributed by atoms with Crippen molar-refractivity contribution in [1.29, 1.82) is 0 Å². The highest BCUT2D eigenvalue weighted by Gasteiger charge is 2.63. The van der Waals surface area contributed by atoms with E-state index in [0.29, 0.717) is 5.41 Å². The molecule has 12 heavy (non-hydrogen) atoms. The molecule has 0 nitrogen and oxygen atoms in total. The summed E-state index contributed by atoms with van der Waals surface area (Å²) in [6.45, 7) is 7.17. The van der Waals surface area contributed by atoms with E-state index in [0.717, 1.165) is 17.8 Å². The van der Waals surface area contributed by atoms with Gasteiger partial charge in [-0.05, 0) is 36.0 Å². The molecule has 2 aliphatic rings. The first-order valence-corrected chi connectivity index (χ1v) is 6.32. The largest absolute Gasteiger partial charge is 0.0834 e. The van der Waals surface area contributed by atoms with Crippen molar-refractivity contribution in [3.8, 4) is 0 Å². The van der Waals surface area contributed by atoms with E-state index in [-0.39, 0.29) is 3.23 Å². The average Bonchev–Trinajstić information content (AvgIpc) is 2.37. The zero-order valence-corrected chi connectivity index (χ0v) is 11.1. The molecule has 0 bridgehead atoms. The normalized spacial score (nSPS) is 48.2. The van der Waals surface area contributed by atoms with E-state index < -0.39 is 0 Å². The van der Waals surface area contributed by atoms with Crippen LogP contribution in [-0.2, 0) is 0 Å². The van der Waals surface area contributed by atoms with Crippen LogP contribution >= 0.6 is 31.9 Å². The summed E-state index contributed by atoms with van der Waals surface area (Å²) in [5.41, 5.74) is 0.623. The molecule has 0 amide bonds. The summed E-state index contributed by atoms with van der Waals surface area (Å²) in [6, 6.07) is 0. The number of rotatable bonds is 0. The molecular weight excluding hydrogens is 280 g/mol. The van der Waals surface area contributed by atoms with Gasteiger partial charge in [-0.15, -0.1) is 0 Å². The Morgan fingerprint density at radius 1 is 1.17 bits per heavy atom. The molecule has 2 aliphatic carbocycles. The second kappa shape index (κ2) is 2.50. The predicted octanol–water partition coefficient (Wildman–Crippen LogP) is 4.17. The van der Waals surface area contributed by atoms with Crippen molar-refractivity contribution >= 4 is 31.9 Å². The van der Waals surface area contributed by atoms with Gasteiger partial charge in [0.2, 0.25) is 0 Å². The molecule has 2 saturated carbocycles. The van der Waals surface area contributed by atoms with Gasteiger partial charge >= 0.3 is 0 Å². The van der Waals surface area contributed by atoms with Gasteiger partial charge in [0.25, 0.3) is 0 Å². The Labute approximate surface area is 91.7 Å². The van der Waals surface area contributed by atoms with E-state index in [4.69, 9.17) is 0 Å². The summed E-state index contributed by atoms with van der Waals surface area (Å²) >= 11 is 7.59. The Morgan fingerprint density at radius 2 is 1.75 bits per heavy atom. The molecule has 0 radical (unpaired) electrons. The highest BCUT2D eigenvalue weighted by Crippen LogP contribution is 2.69. The second-order valence-corrected chi connectivity index (χ2v) is 9.03. The molecule has 70 valence electrons. The van der Waals surface area contributed by atoms with Crippen LogP contribution in [0.2, 0.25) is 0 Å². The zero-order chi connectivity index (χ0) is 9.15. The van der Waals surface area contributed by atoms with Crippen molar-refractivity contribution in [2.24, 2.45) is 23.2 Å². The zero-order valence-electron chi connectivity index (χ0n) is 7.90. The van der Waals surface area contributed by atoms with E-state index in [1.54, 1.807) is 0 Å². The summed E-state index contributed by atoms with van der Waals surface area (Å²) in [4.78, 5) is 0. The summed E-state index contributed by atoms with van der Waals surface area (Å²) in [7, 11) is 0. The maximum absolute atomic E-state index is 3.79. The quantitative estimate of drug-likeness (QED) is 0.588. The van der Waals surface area contributed by atoms with E-state index in [2.05, 4.69) is 52.6 Å². The van der Waals surface area contributed by atoms with Crippen molar-refractivity contribution in [1.82, 2.24) is 0 Å². The smallest absolute Gasteiger partial charge is 0.0724 e. The molecule has 0 aromatic carbocycles. The molecule has 2 rings (SSSR count). The Kier molecular flexibility index (Phi) is 1.98. The lowest BCUT2D eigenvalue weighted by atomic mass is 9.91. The molecule has 0 aromatic heterocycles. The van der Waals surface area contributed by atoms with Crippen molar-refractivity contribution in [3.05, 3.63) is 0 Å². The molecular formula is C10H16Br2. The minimum absolute atomic E-state index is 0.231. The number of alkyl halides is 2. The molecule has 0 aromatic rings. The van der Waals surface area contributed by atoms with Gasteiger partial charge in [-0.3, -0.25) is 0 Å². The van der Waals surface area contributed by atoms with Crippen LogP contribution in [0.25, 0.3) is 0 Å². The molecule has 0 heterocycles. The maximum Gasteiger partial charge on any atom is 0.0834 e. The van der Waals surface area contributed by atoms with Gasteiger partial charge in [0.1, 0.15) is 0 Å². The molecule has 3 unspecified atom stereocenters. The van der Waals surface area contributed by atoms with Gasteiger partial charge in [-0.25, -0.2) is 0 Å². The first kappa shape index (κ1) is 9.51. The van der Waals surface area contributed by atoms with Crippen LogP contribution in [0.1, 0.15) is 33.6 Å². The molecule has 0 N–H and O–H groups in total. The molecule has 3 atom stereocenters. The van der Waals surface area contributed by atoms with Crippen LogP contribution in [0.5, 0.6) is 0 Å². The number of halogens is 2. The highest BCUT2D eigenvalue weighted by atomic mass is 79.9. The summed E-state index contributed by atoms with van der Waals surface area (Å²) in [6.07, 6.45) is 2.68. The minimum atomic E-state index is 0.231. The lowest BCUT2D eigenvalue weighted by molar-refractivity contribution is 0.367. The second-order valence-electron chi connectivity index (χ2n) is 5.14. The number of hydrogen-bond acceptors (Lipinski definition) is 0. The Morgan fingerprint density at radius 3 is 2.25 bits per heavy atom. The highest BCUT2D eigenvalue weighted by molar-refractivity contribution is 9.25. The third kappa shape index (κ3) is 1.21. The van der Waals surface area contributed by atoms with Crippen LogP contribution < -0.4 is 0 Å². The monoisotopic (exact) mass is 294 g/mol. The van der Waals surface area contributed by atoms with Gasteiger partial charge < -0.3 is 0 Å². The lowest BCUT2D eigenvalue weighted by Gasteiger charge is -2.31. The van der Waals surface area contributed by atoms with Crippen molar-refractivity contribution in [2.45, 2.75) is 36.8 Å². The Bertz CT molecular complexity index is 208. The first-order chi connectivity index (χ1) is 5.36. The predicted molar refractivity (Wildman–Crippen MR) is 59.7 cm³/mol. The van der Waals surface area contributed by atoms with E-state index in [9.17, 15) is 0 Å². The first-order valence-electron chi connectivity index (χ1n) is 4.73. The summed E-state index contributed by atoms with van der Waals surface area (Å²) in [5, 5.41) is 0. The Hall–Kier alpha value is 0.960. The maximum atomic E-state index is 3.79. The SMILES string of the molecule is CC1CC2C(CC1(Br)Br)C2(C)C. The van der Waals surface area contributed by atoms with Crippen LogP contribution in [0.4, 0.5) is 0 Å². The molecule has 2 heteroatoms. The topological polar surface area (TPSA) is 0 Å². The molecule has 0 spiro atoms. The van der Waals surface area contributed by atoms with E-state index in [1.165, 1.54) is 12.8 Å². The van der Waals surface area contributed by atoms with Crippen LogP contribution in [0.3, 0.4) is 0 Å². The van der Waals surface area contributed by atoms with E-state index >= 15 is 0 Å². The fraction of sp³-hybridized carbons (Fsp3) is 1.00. The number of fused-ring (bicyclic) bond motifs is 1. The number of hydrogen-bond donors (Lipinski definition) is 0. The molecule has 2 fully saturated rings. The fourth-order valence-corrected chi connectivity index (χ4v) is 3.85. The van der Waals surface area contributed by atoms with Crippen LogP contribution in [0.15, 0.2) is 0 Å². The van der Waals surface area contributed by atoms with E-state index in [1.807, 2.05) is 0 Å². The van der Waals surface area contributed by atoms with Gasteiger partial charge in [0, 0.05) is 0 Å². The summed E-state index contributed by atoms with van der Waals surface area (Å²) in [5.74, 6) is 2.71.